The number of aromatic nitrogens is 3. The number of nitrogens with zero attached hydrogens (tertiary/aromatic N) is 4. The van der Waals surface area contributed by atoms with Crippen LogP contribution < -0.4 is 0 Å². The predicted molar refractivity (Wildman–Crippen MR) is 94.3 cm³/mol. The molecule has 1 aromatic carbocycles. The van der Waals surface area contributed by atoms with Crippen LogP contribution in [-0.2, 0) is 19.5 Å². The van der Waals surface area contributed by atoms with E-state index in [1.165, 1.54) is 16.8 Å². The minimum Gasteiger partial charge on any atom is -0.294 e. The van der Waals surface area contributed by atoms with E-state index in [2.05, 4.69) is 40.0 Å². The molecular weight excluding hydrogens is 296 g/mol. The van der Waals surface area contributed by atoms with Crippen LogP contribution >= 0.6 is 0 Å². The summed E-state index contributed by atoms with van der Waals surface area (Å²) in [6, 6.07) is 14.3. The van der Waals surface area contributed by atoms with Crippen LogP contribution in [-0.4, -0.2) is 26.4 Å². The topological polar surface area (TPSA) is 41.9 Å². The first-order chi connectivity index (χ1) is 11.8. The Bertz CT molecular complexity index is 845. The molecule has 3 heterocycles. The second-order valence-corrected chi connectivity index (χ2v) is 6.24. The lowest BCUT2D eigenvalue weighted by atomic mass is 10.1. The van der Waals surface area contributed by atoms with Gasteiger partial charge in [0.1, 0.15) is 0 Å². The van der Waals surface area contributed by atoms with Crippen molar-refractivity contribution in [2.24, 2.45) is 0 Å². The second kappa shape index (κ2) is 6.49. The number of aryl methyl sites for hydroxylation is 1. The molecule has 0 amide bonds. The van der Waals surface area contributed by atoms with Gasteiger partial charge in [0.15, 0.2) is 5.82 Å². The molecule has 0 aliphatic carbocycles. The van der Waals surface area contributed by atoms with Crippen molar-refractivity contribution < 1.29 is 0 Å². The lowest BCUT2D eigenvalue weighted by Crippen LogP contribution is -2.31. The van der Waals surface area contributed by atoms with Gasteiger partial charge in [0.05, 0.1) is 5.69 Å². The molecular formula is C20H20N4. The number of hydrogen-bond acceptors (Lipinski definition) is 4. The molecule has 4 nitrogen and oxygen atoms in total. The monoisotopic (exact) mass is 316 g/mol. The van der Waals surface area contributed by atoms with Crippen molar-refractivity contribution in [2.75, 3.05) is 6.54 Å². The fraction of sp³-hybridized carbons (Fsp3) is 0.250. The van der Waals surface area contributed by atoms with Gasteiger partial charge in [-0.1, -0.05) is 36.4 Å². The zero-order valence-corrected chi connectivity index (χ0v) is 13.8. The van der Waals surface area contributed by atoms with Gasteiger partial charge in [-0.15, -0.1) is 0 Å². The first-order valence-electron chi connectivity index (χ1n) is 8.32. The smallest absolute Gasteiger partial charge is 0.159 e. The molecule has 0 radical (unpaired) electrons. The minimum atomic E-state index is 0.825. The van der Waals surface area contributed by atoms with E-state index in [-0.39, 0.29) is 0 Å². The molecule has 4 rings (SSSR count). The molecule has 0 spiro atoms. The Hall–Kier alpha value is -2.59. The Morgan fingerprint density at radius 1 is 1.04 bits per heavy atom. The SMILES string of the molecule is Cc1ncccc1CN1CCc2nc(-c3ccccc3)ncc2C1. The molecule has 0 bridgehead atoms. The third-order valence-electron chi connectivity index (χ3n) is 4.56. The molecule has 24 heavy (non-hydrogen) atoms. The van der Waals surface area contributed by atoms with Crippen LogP contribution in [0.1, 0.15) is 22.5 Å². The molecule has 0 unspecified atom stereocenters. The Kier molecular flexibility index (Phi) is 4.05. The van der Waals surface area contributed by atoms with Crippen LogP contribution in [0.15, 0.2) is 54.9 Å². The Labute approximate surface area is 142 Å². The number of rotatable bonds is 3. The third kappa shape index (κ3) is 3.05. The van der Waals surface area contributed by atoms with Crippen molar-refractivity contribution >= 4 is 0 Å². The average Bonchev–Trinajstić information content (AvgIpc) is 2.64. The molecule has 2 aromatic heterocycles. The molecule has 4 heteroatoms. The van der Waals surface area contributed by atoms with E-state index in [0.717, 1.165) is 43.1 Å². The Morgan fingerprint density at radius 3 is 2.75 bits per heavy atom. The highest BCUT2D eigenvalue weighted by molar-refractivity contribution is 5.54. The highest BCUT2D eigenvalue weighted by Gasteiger charge is 2.19. The minimum absolute atomic E-state index is 0.825. The normalized spacial score (nSPS) is 14.4. The fourth-order valence-electron chi connectivity index (χ4n) is 3.16. The number of pyridine rings is 1. The summed E-state index contributed by atoms with van der Waals surface area (Å²) in [6.45, 7) is 4.92. The summed E-state index contributed by atoms with van der Waals surface area (Å²) in [5.41, 5.74) is 5.90. The standard InChI is InChI=1S/C20H20N4/c1-15-17(8-5-10-21-15)13-24-11-9-19-18(14-24)12-22-20(23-19)16-6-3-2-4-7-16/h2-8,10,12H,9,11,13-14H2,1H3. The molecule has 0 N–H and O–H groups in total. The summed E-state index contributed by atoms with van der Waals surface area (Å²) in [6.07, 6.45) is 4.81. The van der Waals surface area contributed by atoms with Gasteiger partial charge in [-0.3, -0.25) is 9.88 Å². The van der Waals surface area contributed by atoms with Gasteiger partial charge in [0.25, 0.3) is 0 Å². The van der Waals surface area contributed by atoms with E-state index in [9.17, 15) is 0 Å². The van der Waals surface area contributed by atoms with Crippen LogP contribution in [0.2, 0.25) is 0 Å². The third-order valence-corrected chi connectivity index (χ3v) is 4.56. The van der Waals surface area contributed by atoms with Gasteiger partial charge in [-0.2, -0.15) is 0 Å². The summed E-state index contributed by atoms with van der Waals surface area (Å²) in [7, 11) is 0. The van der Waals surface area contributed by atoms with E-state index in [4.69, 9.17) is 4.98 Å². The van der Waals surface area contributed by atoms with Gasteiger partial charge in [0, 0.05) is 55.3 Å². The molecule has 0 saturated heterocycles. The quantitative estimate of drug-likeness (QED) is 0.742. The summed E-state index contributed by atoms with van der Waals surface area (Å²) in [5, 5.41) is 0. The highest BCUT2D eigenvalue weighted by atomic mass is 15.1. The predicted octanol–water partition coefficient (Wildman–Crippen LogP) is 3.41. The van der Waals surface area contributed by atoms with Crippen LogP contribution in [0.4, 0.5) is 0 Å². The zero-order chi connectivity index (χ0) is 16.4. The van der Waals surface area contributed by atoms with Gasteiger partial charge in [-0.05, 0) is 18.6 Å². The first kappa shape index (κ1) is 15.0. The van der Waals surface area contributed by atoms with E-state index < -0.39 is 0 Å². The maximum Gasteiger partial charge on any atom is 0.159 e. The number of hydrogen-bond donors (Lipinski definition) is 0. The van der Waals surface area contributed by atoms with Crippen molar-refractivity contribution in [3.8, 4) is 11.4 Å². The summed E-state index contributed by atoms with van der Waals surface area (Å²) in [4.78, 5) is 16.2. The second-order valence-electron chi connectivity index (χ2n) is 6.24. The number of benzene rings is 1. The van der Waals surface area contributed by atoms with E-state index in [1.807, 2.05) is 36.7 Å². The molecule has 1 aliphatic rings. The molecule has 0 atom stereocenters. The van der Waals surface area contributed by atoms with Crippen molar-refractivity contribution in [1.82, 2.24) is 19.9 Å². The van der Waals surface area contributed by atoms with E-state index in [0.29, 0.717) is 0 Å². The van der Waals surface area contributed by atoms with Crippen LogP contribution in [0.25, 0.3) is 11.4 Å². The lowest BCUT2D eigenvalue weighted by Gasteiger charge is -2.28. The largest absolute Gasteiger partial charge is 0.294 e. The summed E-state index contributed by atoms with van der Waals surface area (Å²) < 4.78 is 0. The van der Waals surface area contributed by atoms with E-state index >= 15 is 0 Å². The molecule has 0 saturated carbocycles. The van der Waals surface area contributed by atoms with Crippen molar-refractivity contribution in [2.45, 2.75) is 26.4 Å². The average molecular weight is 316 g/mol. The van der Waals surface area contributed by atoms with Crippen molar-refractivity contribution in [1.29, 1.82) is 0 Å². The fourth-order valence-corrected chi connectivity index (χ4v) is 3.16. The maximum absolute atomic E-state index is 4.79. The van der Waals surface area contributed by atoms with Crippen LogP contribution in [0.3, 0.4) is 0 Å². The molecule has 120 valence electrons. The van der Waals surface area contributed by atoms with Crippen molar-refractivity contribution in [3.63, 3.8) is 0 Å². The zero-order valence-electron chi connectivity index (χ0n) is 13.8. The van der Waals surface area contributed by atoms with Crippen molar-refractivity contribution in [3.05, 3.63) is 77.4 Å². The van der Waals surface area contributed by atoms with E-state index in [1.54, 1.807) is 0 Å². The Morgan fingerprint density at radius 2 is 1.92 bits per heavy atom. The molecule has 0 fully saturated rings. The molecule has 1 aliphatic heterocycles. The summed E-state index contributed by atoms with van der Waals surface area (Å²) >= 11 is 0. The van der Waals surface area contributed by atoms with Crippen LogP contribution in [0.5, 0.6) is 0 Å². The Balaban J connectivity index is 1.53. The first-order valence-corrected chi connectivity index (χ1v) is 8.32. The summed E-state index contributed by atoms with van der Waals surface area (Å²) in [5.74, 6) is 0.825. The van der Waals surface area contributed by atoms with Gasteiger partial charge in [-0.25, -0.2) is 9.97 Å². The van der Waals surface area contributed by atoms with Gasteiger partial charge < -0.3 is 0 Å². The van der Waals surface area contributed by atoms with Gasteiger partial charge in [0.2, 0.25) is 0 Å². The van der Waals surface area contributed by atoms with Gasteiger partial charge >= 0.3 is 0 Å². The van der Waals surface area contributed by atoms with Crippen LogP contribution in [0, 0.1) is 6.92 Å². The molecule has 3 aromatic rings. The highest BCUT2D eigenvalue weighted by Crippen LogP contribution is 2.22. The lowest BCUT2D eigenvalue weighted by molar-refractivity contribution is 0.242. The maximum atomic E-state index is 4.79. The number of fused-ring (bicyclic) bond motifs is 1.